The molecule has 2 heterocycles. The summed E-state index contributed by atoms with van der Waals surface area (Å²) in [5, 5.41) is 3.64. The number of thiazole rings is 1. The number of aromatic nitrogens is 2. The summed E-state index contributed by atoms with van der Waals surface area (Å²) in [6.07, 6.45) is 2.34. The Hall–Kier alpha value is -1.75. The average Bonchev–Trinajstić information content (AvgIpc) is 2.97. The molecule has 0 amide bonds. The minimum absolute atomic E-state index is 0.242. The number of pyridine rings is 1. The van der Waals surface area contributed by atoms with Gasteiger partial charge in [-0.15, -0.1) is 11.3 Å². The summed E-state index contributed by atoms with van der Waals surface area (Å²) in [6.45, 7) is 0. The maximum atomic E-state index is 6.20. The van der Waals surface area contributed by atoms with Gasteiger partial charge in [-0.2, -0.15) is 0 Å². The molecular formula is C16H14ClN3S. The van der Waals surface area contributed by atoms with Crippen molar-refractivity contribution in [3.8, 4) is 11.3 Å². The fourth-order valence-corrected chi connectivity index (χ4v) is 3.23. The monoisotopic (exact) mass is 315 g/mol. The van der Waals surface area contributed by atoms with Crippen molar-refractivity contribution in [2.45, 2.75) is 12.5 Å². The minimum Gasteiger partial charge on any atom is -0.322 e. The van der Waals surface area contributed by atoms with E-state index in [2.05, 4.69) is 15.3 Å². The van der Waals surface area contributed by atoms with Crippen molar-refractivity contribution in [2.75, 3.05) is 0 Å². The third-order valence-electron chi connectivity index (χ3n) is 3.15. The molecule has 3 aromatic rings. The van der Waals surface area contributed by atoms with E-state index in [-0.39, 0.29) is 6.04 Å². The molecule has 5 heteroatoms. The number of hydrogen-bond donors (Lipinski definition) is 1. The zero-order valence-corrected chi connectivity index (χ0v) is 12.8. The van der Waals surface area contributed by atoms with E-state index < -0.39 is 0 Å². The Labute approximate surface area is 132 Å². The lowest BCUT2D eigenvalue weighted by Crippen LogP contribution is -2.15. The Morgan fingerprint density at radius 3 is 2.71 bits per heavy atom. The summed E-state index contributed by atoms with van der Waals surface area (Å²) >= 11 is 7.74. The van der Waals surface area contributed by atoms with Crippen molar-refractivity contribution in [3.63, 3.8) is 0 Å². The summed E-state index contributed by atoms with van der Waals surface area (Å²) in [5.41, 5.74) is 9.01. The molecule has 2 aromatic heterocycles. The standard InChI is InChI=1S/C16H14ClN3S/c17-12-7-4-8-19-16(12)13(18)9-15-20-14(10-21-15)11-5-2-1-3-6-11/h1-8,10,13H,9,18H2. The number of hydrogen-bond acceptors (Lipinski definition) is 4. The second-order valence-electron chi connectivity index (χ2n) is 4.67. The van der Waals surface area contributed by atoms with Gasteiger partial charge in [0.25, 0.3) is 0 Å². The van der Waals surface area contributed by atoms with Crippen LogP contribution in [0.25, 0.3) is 11.3 Å². The van der Waals surface area contributed by atoms with Crippen LogP contribution in [0, 0.1) is 0 Å². The topological polar surface area (TPSA) is 51.8 Å². The maximum Gasteiger partial charge on any atom is 0.0952 e. The van der Waals surface area contributed by atoms with Gasteiger partial charge in [0.05, 0.1) is 27.5 Å². The van der Waals surface area contributed by atoms with Crippen molar-refractivity contribution >= 4 is 22.9 Å². The quantitative estimate of drug-likeness (QED) is 0.788. The predicted octanol–water partition coefficient (Wildman–Crippen LogP) is 4.10. The molecule has 3 nitrogen and oxygen atoms in total. The van der Waals surface area contributed by atoms with E-state index in [1.807, 2.05) is 30.3 Å². The minimum atomic E-state index is -0.242. The molecule has 0 saturated heterocycles. The third kappa shape index (κ3) is 3.29. The van der Waals surface area contributed by atoms with E-state index in [4.69, 9.17) is 17.3 Å². The molecule has 0 bridgehead atoms. The lowest BCUT2D eigenvalue weighted by molar-refractivity contribution is 0.694. The van der Waals surface area contributed by atoms with Gasteiger partial charge in [0.1, 0.15) is 0 Å². The van der Waals surface area contributed by atoms with Crippen LogP contribution in [0.1, 0.15) is 16.7 Å². The average molecular weight is 316 g/mol. The molecular weight excluding hydrogens is 302 g/mol. The second-order valence-corrected chi connectivity index (χ2v) is 6.02. The highest BCUT2D eigenvalue weighted by atomic mass is 35.5. The zero-order chi connectivity index (χ0) is 14.7. The van der Waals surface area contributed by atoms with Crippen molar-refractivity contribution in [1.29, 1.82) is 0 Å². The molecule has 0 spiro atoms. The summed E-state index contributed by atoms with van der Waals surface area (Å²) in [4.78, 5) is 8.90. The third-order valence-corrected chi connectivity index (χ3v) is 4.34. The molecule has 0 aliphatic rings. The molecule has 0 saturated carbocycles. The number of benzene rings is 1. The predicted molar refractivity (Wildman–Crippen MR) is 87.4 cm³/mol. The number of halogens is 1. The lowest BCUT2D eigenvalue weighted by atomic mass is 10.1. The molecule has 21 heavy (non-hydrogen) atoms. The van der Waals surface area contributed by atoms with E-state index in [0.29, 0.717) is 11.4 Å². The van der Waals surface area contributed by atoms with E-state index in [1.165, 1.54) is 0 Å². The molecule has 1 atom stereocenters. The normalized spacial score (nSPS) is 12.3. The summed E-state index contributed by atoms with van der Waals surface area (Å²) in [6, 6.07) is 13.5. The van der Waals surface area contributed by atoms with Crippen LogP contribution in [0.15, 0.2) is 54.0 Å². The van der Waals surface area contributed by atoms with Crippen LogP contribution in [-0.4, -0.2) is 9.97 Å². The summed E-state index contributed by atoms with van der Waals surface area (Å²) < 4.78 is 0. The van der Waals surface area contributed by atoms with Gasteiger partial charge < -0.3 is 5.73 Å². The van der Waals surface area contributed by atoms with E-state index in [0.717, 1.165) is 22.0 Å². The first-order valence-corrected chi connectivity index (χ1v) is 7.85. The fourth-order valence-electron chi connectivity index (χ4n) is 2.10. The SMILES string of the molecule is NC(Cc1nc(-c2ccccc2)cs1)c1ncccc1Cl. The largest absolute Gasteiger partial charge is 0.322 e. The van der Waals surface area contributed by atoms with E-state index >= 15 is 0 Å². The van der Waals surface area contributed by atoms with Crippen molar-refractivity contribution in [2.24, 2.45) is 5.73 Å². The van der Waals surface area contributed by atoms with Crippen LogP contribution >= 0.6 is 22.9 Å². The highest BCUT2D eigenvalue weighted by molar-refractivity contribution is 7.09. The van der Waals surface area contributed by atoms with E-state index in [9.17, 15) is 0 Å². The molecule has 0 radical (unpaired) electrons. The van der Waals surface area contributed by atoms with Crippen LogP contribution < -0.4 is 5.73 Å². The summed E-state index contributed by atoms with van der Waals surface area (Å²) in [7, 11) is 0. The van der Waals surface area contributed by atoms with Crippen LogP contribution in [0.4, 0.5) is 0 Å². The molecule has 0 aliphatic carbocycles. The maximum absolute atomic E-state index is 6.20. The Morgan fingerprint density at radius 1 is 1.14 bits per heavy atom. The molecule has 2 N–H and O–H groups in total. The number of nitrogens with two attached hydrogens (primary N) is 1. The Morgan fingerprint density at radius 2 is 1.95 bits per heavy atom. The molecule has 3 rings (SSSR count). The van der Waals surface area contributed by atoms with E-state index in [1.54, 1.807) is 29.7 Å². The van der Waals surface area contributed by atoms with Gasteiger partial charge in [-0.1, -0.05) is 41.9 Å². The lowest BCUT2D eigenvalue weighted by Gasteiger charge is -2.10. The first kappa shape index (κ1) is 14.2. The van der Waals surface area contributed by atoms with Crippen molar-refractivity contribution < 1.29 is 0 Å². The van der Waals surface area contributed by atoms with Gasteiger partial charge in [0, 0.05) is 23.6 Å². The van der Waals surface area contributed by atoms with Crippen LogP contribution in [0.5, 0.6) is 0 Å². The van der Waals surface area contributed by atoms with Gasteiger partial charge in [-0.05, 0) is 12.1 Å². The first-order chi connectivity index (χ1) is 10.2. The van der Waals surface area contributed by atoms with Crippen LogP contribution in [0.3, 0.4) is 0 Å². The summed E-state index contributed by atoms with van der Waals surface area (Å²) in [5.74, 6) is 0. The highest BCUT2D eigenvalue weighted by Crippen LogP contribution is 2.26. The van der Waals surface area contributed by atoms with Gasteiger partial charge >= 0.3 is 0 Å². The fraction of sp³-hybridized carbons (Fsp3) is 0.125. The Kier molecular flexibility index (Phi) is 4.29. The Balaban J connectivity index is 1.77. The molecule has 106 valence electrons. The van der Waals surface area contributed by atoms with Crippen molar-refractivity contribution in [1.82, 2.24) is 9.97 Å². The van der Waals surface area contributed by atoms with Gasteiger partial charge in [0.15, 0.2) is 0 Å². The second kappa shape index (κ2) is 6.35. The Bertz CT molecular complexity index is 727. The highest BCUT2D eigenvalue weighted by Gasteiger charge is 2.14. The van der Waals surface area contributed by atoms with Crippen LogP contribution in [0.2, 0.25) is 5.02 Å². The molecule has 0 fully saturated rings. The number of nitrogens with zero attached hydrogens (tertiary/aromatic N) is 2. The molecule has 1 unspecified atom stereocenters. The number of rotatable bonds is 4. The van der Waals surface area contributed by atoms with Gasteiger partial charge in [-0.25, -0.2) is 4.98 Å². The zero-order valence-electron chi connectivity index (χ0n) is 11.2. The molecule has 1 aromatic carbocycles. The van der Waals surface area contributed by atoms with Gasteiger partial charge in [-0.3, -0.25) is 4.98 Å². The molecule has 0 aliphatic heterocycles. The van der Waals surface area contributed by atoms with Crippen LogP contribution in [-0.2, 0) is 6.42 Å². The van der Waals surface area contributed by atoms with Crippen molar-refractivity contribution in [3.05, 3.63) is 69.8 Å². The first-order valence-electron chi connectivity index (χ1n) is 6.60. The van der Waals surface area contributed by atoms with Gasteiger partial charge in [0.2, 0.25) is 0 Å². The smallest absolute Gasteiger partial charge is 0.0952 e.